The number of fused-ring (bicyclic) bond motifs is 2. The van der Waals surface area contributed by atoms with Crippen molar-refractivity contribution in [3.8, 4) is 0 Å². The van der Waals surface area contributed by atoms with E-state index in [0.717, 1.165) is 25.3 Å². The molecule has 3 unspecified atom stereocenters. The lowest BCUT2D eigenvalue weighted by atomic mass is 9.92. The molecule has 1 aromatic carbocycles. The van der Waals surface area contributed by atoms with Crippen molar-refractivity contribution in [2.75, 3.05) is 13.1 Å². The van der Waals surface area contributed by atoms with Crippen LogP contribution in [0.5, 0.6) is 0 Å². The summed E-state index contributed by atoms with van der Waals surface area (Å²) < 4.78 is 30.8. The van der Waals surface area contributed by atoms with Crippen molar-refractivity contribution in [2.45, 2.75) is 61.1 Å². The van der Waals surface area contributed by atoms with Crippen LogP contribution in [0.3, 0.4) is 0 Å². The molecule has 2 fully saturated rings. The van der Waals surface area contributed by atoms with E-state index in [9.17, 15) is 8.42 Å². The molecule has 1 aliphatic heterocycles. The summed E-state index contributed by atoms with van der Waals surface area (Å²) in [5.74, 6) is 2.38. The lowest BCUT2D eigenvalue weighted by Crippen LogP contribution is -2.37. The molecule has 0 amide bonds. The van der Waals surface area contributed by atoms with Gasteiger partial charge in [0, 0.05) is 18.5 Å². The van der Waals surface area contributed by atoms with Gasteiger partial charge in [0.1, 0.15) is 5.76 Å². The molecule has 4 nitrogen and oxygen atoms in total. The molecule has 2 aliphatic rings. The number of sulfone groups is 1. The molecule has 4 rings (SSSR count). The fourth-order valence-electron chi connectivity index (χ4n) is 4.93. The molecule has 3 atom stereocenters. The number of rotatable bonds is 7. The Labute approximate surface area is 162 Å². The Morgan fingerprint density at radius 1 is 1.11 bits per heavy atom. The van der Waals surface area contributed by atoms with Crippen molar-refractivity contribution >= 4 is 9.84 Å². The van der Waals surface area contributed by atoms with Gasteiger partial charge < -0.3 is 9.32 Å². The van der Waals surface area contributed by atoms with E-state index in [1.165, 1.54) is 12.8 Å². The first-order valence-electron chi connectivity index (χ1n) is 9.95. The lowest BCUT2D eigenvalue weighted by Gasteiger charge is -2.32. The molecule has 2 aromatic rings. The number of hydrogen-bond donors (Lipinski definition) is 0. The van der Waals surface area contributed by atoms with Crippen molar-refractivity contribution in [3.63, 3.8) is 0 Å². The molecule has 0 radical (unpaired) electrons. The zero-order valence-electron chi connectivity index (χ0n) is 16.2. The first kappa shape index (κ1) is 18.8. The van der Waals surface area contributed by atoms with Crippen molar-refractivity contribution < 1.29 is 12.8 Å². The highest BCUT2D eigenvalue weighted by Crippen LogP contribution is 2.47. The van der Waals surface area contributed by atoms with Gasteiger partial charge in [0.15, 0.2) is 9.84 Å². The third-order valence-corrected chi connectivity index (χ3v) is 9.12. The molecule has 1 saturated carbocycles. The van der Waals surface area contributed by atoms with Crippen LogP contribution in [0.2, 0.25) is 0 Å². The van der Waals surface area contributed by atoms with Gasteiger partial charge in [-0.2, -0.15) is 0 Å². The second-order valence-electron chi connectivity index (χ2n) is 8.68. The van der Waals surface area contributed by atoms with Crippen molar-refractivity contribution in [2.24, 2.45) is 5.92 Å². The van der Waals surface area contributed by atoms with E-state index in [1.807, 2.05) is 26.0 Å². The van der Waals surface area contributed by atoms with Gasteiger partial charge in [-0.15, -0.1) is 0 Å². The largest absolute Gasteiger partial charge is 0.469 e. The molecule has 1 aromatic heterocycles. The normalized spacial score (nSPS) is 25.9. The summed E-state index contributed by atoms with van der Waals surface area (Å²) in [4.78, 5) is 2.99. The standard InChI is InChI=1S/C22H29NO3S/c1-22(2,27(24,25)19-8-4-3-5-9-19)11-7-12-23-16-17-14-18(23)15-20(17)21-10-6-13-26-21/h3-6,8-10,13,17-18,20H,7,11-12,14-16H2,1-2H3. The summed E-state index contributed by atoms with van der Waals surface area (Å²) in [6.45, 7) is 5.82. The topological polar surface area (TPSA) is 50.5 Å². The Balaban J connectivity index is 1.32. The van der Waals surface area contributed by atoms with E-state index < -0.39 is 14.6 Å². The van der Waals surface area contributed by atoms with Gasteiger partial charge in [0.2, 0.25) is 0 Å². The van der Waals surface area contributed by atoms with Gasteiger partial charge in [0.05, 0.1) is 15.9 Å². The number of benzene rings is 1. The van der Waals surface area contributed by atoms with E-state index >= 15 is 0 Å². The number of furan rings is 1. The maximum Gasteiger partial charge on any atom is 0.183 e. The van der Waals surface area contributed by atoms with Gasteiger partial charge in [0.25, 0.3) is 0 Å². The average molecular weight is 388 g/mol. The van der Waals surface area contributed by atoms with Crippen LogP contribution < -0.4 is 0 Å². The number of piperidine rings is 1. The van der Waals surface area contributed by atoms with Crippen LogP contribution in [0, 0.1) is 5.92 Å². The monoisotopic (exact) mass is 387 g/mol. The minimum atomic E-state index is -3.31. The predicted molar refractivity (Wildman–Crippen MR) is 106 cm³/mol. The summed E-state index contributed by atoms with van der Waals surface area (Å²) in [5.41, 5.74) is 0. The summed E-state index contributed by atoms with van der Waals surface area (Å²) in [5, 5.41) is 0. The Bertz CT molecular complexity index is 858. The maximum atomic E-state index is 13.0. The molecule has 1 saturated heterocycles. The Morgan fingerprint density at radius 2 is 1.89 bits per heavy atom. The minimum Gasteiger partial charge on any atom is -0.469 e. The number of hydrogen-bond acceptors (Lipinski definition) is 4. The highest BCUT2D eigenvalue weighted by molar-refractivity contribution is 7.92. The fourth-order valence-corrected chi connectivity index (χ4v) is 6.50. The highest BCUT2D eigenvalue weighted by Gasteiger charge is 2.46. The van der Waals surface area contributed by atoms with Crippen LogP contribution in [0.15, 0.2) is 58.0 Å². The summed E-state index contributed by atoms with van der Waals surface area (Å²) in [6, 6.07) is 13.5. The van der Waals surface area contributed by atoms with E-state index in [0.29, 0.717) is 29.2 Å². The molecular weight excluding hydrogens is 358 g/mol. The van der Waals surface area contributed by atoms with Gasteiger partial charge >= 0.3 is 0 Å². The van der Waals surface area contributed by atoms with Crippen LogP contribution in [-0.4, -0.2) is 37.2 Å². The Kier molecular flexibility index (Phi) is 4.93. The third-order valence-electron chi connectivity index (χ3n) is 6.57. The van der Waals surface area contributed by atoms with Crippen LogP contribution in [0.1, 0.15) is 51.2 Å². The quantitative estimate of drug-likeness (QED) is 0.702. The maximum absolute atomic E-state index is 13.0. The summed E-state index contributed by atoms with van der Waals surface area (Å²) in [6.07, 6.45) is 5.78. The van der Waals surface area contributed by atoms with Gasteiger partial charge in [-0.25, -0.2) is 8.42 Å². The molecule has 2 heterocycles. The Hall–Kier alpha value is -1.59. The van der Waals surface area contributed by atoms with Gasteiger partial charge in [-0.1, -0.05) is 18.2 Å². The predicted octanol–water partition coefficient (Wildman–Crippen LogP) is 4.49. The molecule has 1 aliphatic carbocycles. The smallest absolute Gasteiger partial charge is 0.183 e. The first-order chi connectivity index (χ1) is 12.9. The SMILES string of the molecule is CC(C)(CCCN1CC2CC1CC2c1ccco1)S(=O)(=O)c1ccccc1. The zero-order chi connectivity index (χ0) is 19.1. The van der Waals surface area contributed by atoms with E-state index in [1.54, 1.807) is 30.5 Å². The van der Waals surface area contributed by atoms with Gasteiger partial charge in [-0.3, -0.25) is 0 Å². The fraction of sp³-hybridized carbons (Fsp3) is 0.545. The second-order valence-corrected chi connectivity index (χ2v) is 11.3. The van der Waals surface area contributed by atoms with Crippen LogP contribution in [0.25, 0.3) is 0 Å². The molecule has 146 valence electrons. The number of nitrogens with zero attached hydrogens (tertiary/aromatic N) is 1. The van der Waals surface area contributed by atoms with Crippen LogP contribution in [-0.2, 0) is 9.84 Å². The van der Waals surface area contributed by atoms with E-state index in [-0.39, 0.29) is 0 Å². The first-order valence-corrected chi connectivity index (χ1v) is 11.4. The van der Waals surface area contributed by atoms with Crippen molar-refractivity contribution in [1.82, 2.24) is 4.90 Å². The van der Waals surface area contributed by atoms with Crippen LogP contribution >= 0.6 is 0 Å². The highest BCUT2D eigenvalue weighted by atomic mass is 32.2. The third kappa shape index (κ3) is 3.47. The molecule has 27 heavy (non-hydrogen) atoms. The zero-order valence-corrected chi connectivity index (χ0v) is 17.0. The lowest BCUT2D eigenvalue weighted by molar-refractivity contribution is 0.186. The van der Waals surface area contributed by atoms with Crippen molar-refractivity contribution in [1.29, 1.82) is 0 Å². The molecule has 0 N–H and O–H groups in total. The molecular formula is C22H29NO3S. The molecule has 2 bridgehead atoms. The Morgan fingerprint density at radius 3 is 2.52 bits per heavy atom. The summed E-state index contributed by atoms with van der Waals surface area (Å²) >= 11 is 0. The molecule has 0 spiro atoms. The summed E-state index contributed by atoms with van der Waals surface area (Å²) in [7, 11) is -3.31. The molecule has 5 heteroatoms. The van der Waals surface area contributed by atoms with Gasteiger partial charge in [-0.05, 0) is 76.3 Å². The number of likely N-dealkylation sites (tertiary alicyclic amines) is 1. The van der Waals surface area contributed by atoms with Crippen molar-refractivity contribution in [3.05, 3.63) is 54.5 Å². The van der Waals surface area contributed by atoms with E-state index in [2.05, 4.69) is 11.0 Å². The minimum absolute atomic E-state index is 0.427. The van der Waals surface area contributed by atoms with Crippen LogP contribution in [0.4, 0.5) is 0 Å². The average Bonchev–Trinajstić information content (AvgIpc) is 3.38. The van der Waals surface area contributed by atoms with E-state index in [4.69, 9.17) is 4.42 Å². The second kappa shape index (κ2) is 7.10.